The lowest BCUT2D eigenvalue weighted by Gasteiger charge is -2.35. The SMILES string of the molecule is CO[C@H]1C(OP(=O)(O)OC[C@H]2O[C@@H](n3cnc4c(=O)[nH]c(N)nc43)[C@@H](O)C2O)[C@@H](COP(=O)(O)OP(=O)(O)OP(=O)(O)OC[C@]23O[C@@H]([n+]4cn(C)c5c(=O)[nH]c(N)nc54)C(O[C@H]2CC#N)[C@H]3O)O[C@H]1n1cnc2c(N)ncnc21. The fraction of sp³-hybridized carbons (Fsp3) is 0.543. The van der Waals surface area contributed by atoms with E-state index in [1.165, 1.54) is 27.1 Å². The van der Waals surface area contributed by atoms with Crippen molar-refractivity contribution in [1.82, 2.24) is 53.6 Å². The number of aliphatic hydroxyl groups is 3. The minimum Gasteiger partial charge on any atom is -0.387 e. The molecule has 6 aromatic rings. The molecule has 79 heavy (non-hydrogen) atoms. The number of nitrogens with zero attached hydrogens (tertiary/aromatic N) is 11. The number of imidazole rings is 3. The number of phosphoric acid groups is 4. The fourth-order valence-corrected chi connectivity index (χ4v) is 14.0. The van der Waals surface area contributed by atoms with Crippen molar-refractivity contribution in [3.05, 3.63) is 46.0 Å². The van der Waals surface area contributed by atoms with Crippen LogP contribution in [0.2, 0.25) is 0 Å². The number of H-pyrrole nitrogens is 2. The van der Waals surface area contributed by atoms with E-state index in [1.54, 1.807) is 6.07 Å². The molecule has 10 rings (SSSR count). The molecule has 0 aromatic carbocycles. The van der Waals surface area contributed by atoms with Gasteiger partial charge in [0.2, 0.25) is 17.7 Å². The van der Waals surface area contributed by atoms with Crippen LogP contribution in [0.25, 0.3) is 33.5 Å². The number of nitrogen functional groups attached to an aromatic ring is 3. The predicted octanol–water partition coefficient (Wildman–Crippen LogP) is -4.02. The second-order valence-electron chi connectivity index (χ2n) is 17.8. The molecule has 15 N–H and O–H groups in total. The number of hydrogen-bond donors (Lipinski definition) is 12. The maximum Gasteiger partial charge on any atom is 0.490 e. The number of hydrogen-bond acceptors (Lipinski definition) is 30. The summed E-state index contributed by atoms with van der Waals surface area (Å²) < 4.78 is 117. The van der Waals surface area contributed by atoms with Gasteiger partial charge in [-0.05, 0) is 0 Å². The molecule has 0 amide bonds. The summed E-state index contributed by atoms with van der Waals surface area (Å²) in [5.74, 6) is -0.707. The van der Waals surface area contributed by atoms with Gasteiger partial charge in [0.1, 0.15) is 66.8 Å². The van der Waals surface area contributed by atoms with Crippen molar-refractivity contribution in [2.24, 2.45) is 7.05 Å². The lowest BCUT2D eigenvalue weighted by atomic mass is 9.92. The molecule has 7 unspecified atom stereocenters. The van der Waals surface area contributed by atoms with Gasteiger partial charge in [0, 0.05) is 7.11 Å². The van der Waals surface area contributed by atoms with Gasteiger partial charge in [-0.3, -0.25) is 51.4 Å². The van der Waals surface area contributed by atoms with E-state index < -0.39 is 148 Å². The van der Waals surface area contributed by atoms with Crippen molar-refractivity contribution >= 4 is 82.5 Å². The molecule has 4 saturated heterocycles. The smallest absolute Gasteiger partial charge is 0.387 e. The van der Waals surface area contributed by atoms with Crippen molar-refractivity contribution in [2.45, 2.75) is 85.6 Å². The summed E-state index contributed by atoms with van der Waals surface area (Å²) in [7, 11) is -21.2. The summed E-state index contributed by atoms with van der Waals surface area (Å²) in [6.45, 7) is -3.49. The summed E-state index contributed by atoms with van der Waals surface area (Å²) in [4.78, 5) is 96.7. The number of nitriles is 1. The highest BCUT2D eigenvalue weighted by atomic mass is 31.3. The number of aliphatic hydroxyl groups excluding tert-OH is 3. The van der Waals surface area contributed by atoms with Crippen LogP contribution in [-0.2, 0) is 75.7 Å². The van der Waals surface area contributed by atoms with Crippen LogP contribution in [0.3, 0.4) is 0 Å². The lowest BCUT2D eigenvalue weighted by molar-refractivity contribution is -0.753. The first-order chi connectivity index (χ1) is 37.2. The fourth-order valence-electron chi connectivity index (χ4n) is 9.45. The van der Waals surface area contributed by atoms with Crippen LogP contribution in [0.15, 0.2) is 34.9 Å². The number of nitrogens with one attached hydrogen (secondary N) is 2. The topological polar surface area (TPSA) is 575 Å². The number of aromatic nitrogens is 12. The molecule has 428 valence electrons. The molecule has 44 heteroatoms. The van der Waals surface area contributed by atoms with E-state index in [9.17, 15) is 68.0 Å². The molecule has 0 spiro atoms. The number of anilines is 3. The Morgan fingerprint density at radius 1 is 0.785 bits per heavy atom. The normalized spacial score (nSPS) is 31.8. The summed E-state index contributed by atoms with van der Waals surface area (Å²) in [6.07, 6.45) is -15.3. The van der Waals surface area contributed by atoms with E-state index in [0.717, 1.165) is 30.7 Å². The maximum atomic E-state index is 13.7. The van der Waals surface area contributed by atoms with Crippen LogP contribution in [-0.4, -0.2) is 176 Å². The van der Waals surface area contributed by atoms with Crippen molar-refractivity contribution in [1.29, 1.82) is 5.26 Å². The third-order valence-corrected chi connectivity index (χ3v) is 18.1. The Hall–Kier alpha value is -5.66. The minimum atomic E-state index is -6.27. The molecule has 0 aliphatic carbocycles. The summed E-state index contributed by atoms with van der Waals surface area (Å²) in [6, 6.07) is 1.80. The van der Waals surface area contributed by atoms with Crippen molar-refractivity contribution in [2.75, 3.05) is 44.1 Å². The molecule has 6 aromatic heterocycles. The molecule has 4 aliphatic rings. The highest BCUT2D eigenvalue weighted by molar-refractivity contribution is 7.66. The molecule has 0 radical (unpaired) electrons. The number of ether oxygens (including phenoxy) is 5. The maximum absolute atomic E-state index is 13.7. The Balaban J connectivity index is 0.824. The van der Waals surface area contributed by atoms with Crippen LogP contribution in [0.5, 0.6) is 0 Å². The Morgan fingerprint density at radius 2 is 1.42 bits per heavy atom. The van der Waals surface area contributed by atoms with Gasteiger partial charge >= 0.3 is 36.9 Å². The third kappa shape index (κ3) is 10.5. The second kappa shape index (κ2) is 20.7. The van der Waals surface area contributed by atoms with Crippen molar-refractivity contribution in [3.63, 3.8) is 0 Å². The zero-order valence-corrected chi connectivity index (χ0v) is 43.7. The number of methoxy groups -OCH3 is 1. The molecule has 40 nitrogen and oxygen atoms in total. The van der Waals surface area contributed by atoms with Crippen LogP contribution >= 0.6 is 31.3 Å². The van der Waals surface area contributed by atoms with Gasteiger partial charge in [0.05, 0.1) is 52.0 Å². The molecule has 2 bridgehead atoms. The Morgan fingerprint density at radius 3 is 2.13 bits per heavy atom. The number of fused-ring (bicyclic) bond motifs is 5. The third-order valence-electron chi connectivity index (χ3n) is 12.8. The zero-order valence-electron chi connectivity index (χ0n) is 40.1. The summed E-state index contributed by atoms with van der Waals surface area (Å²) in [5.41, 5.74) is 13.4. The highest BCUT2D eigenvalue weighted by Gasteiger charge is 2.69. The van der Waals surface area contributed by atoms with Crippen LogP contribution < -0.4 is 32.9 Å². The zero-order chi connectivity index (χ0) is 56.9. The van der Waals surface area contributed by atoms with Crippen molar-refractivity contribution < 1.29 is 108 Å². The van der Waals surface area contributed by atoms with Gasteiger partial charge in [0.25, 0.3) is 17.1 Å². The molecule has 10 heterocycles. The molecule has 4 aliphatic heterocycles. The molecular weight excluding hydrogens is 1150 g/mol. The van der Waals surface area contributed by atoms with E-state index >= 15 is 0 Å². The average molecular weight is 1200 g/mol. The Kier molecular flexibility index (Phi) is 14.8. The summed E-state index contributed by atoms with van der Waals surface area (Å²) >= 11 is 0. The first-order valence-corrected chi connectivity index (χ1v) is 28.5. The van der Waals surface area contributed by atoms with E-state index in [0.29, 0.717) is 0 Å². The van der Waals surface area contributed by atoms with Gasteiger partial charge in [-0.1, -0.05) is 4.98 Å². The number of nitrogens with two attached hydrogens (primary N) is 3. The first kappa shape index (κ1) is 56.6. The molecule has 17 atom stereocenters. The quantitative estimate of drug-likeness (QED) is 0.0256. The lowest BCUT2D eigenvalue weighted by Crippen LogP contribution is -2.54. The largest absolute Gasteiger partial charge is 0.490 e. The Bertz CT molecular complexity index is 3720. The molecule has 0 saturated carbocycles. The van der Waals surface area contributed by atoms with Crippen LogP contribution in [0, 0.1) is 11.3 Å². The average Bonchev–Trinajstić information content (AvgIpc) is 4.42. The minimum absolute atomic E-state index is 0.000761. The standard InChI is InChI=1S/C35H44N16O24P4/c1-48-11-51(27-17(48)29(56)47-34(39)45-27)32-22-23(54)35(72-32,14(71-22)3-4-36)7-68-78(61,62)75-79(63,64)74-77(59,60)67-6-13-20(21(65-2)31(70-13)49-9-42-15-24(37)40-8-41-25(15)49)73-76(57,58)66-5-12-18(52)19(53)30(69-12)50-10-43-16-26(50)44-33(38)46-28(16)55/h8-14,18-23,30-32,52-54H,3,5-7H2,1-2H3,(H11-,37,38,39,40,41,44,45,46,47,55,56,57,58,59,60,61,62,63,64)/p+1/t12-,13-,14+,18?,19+,20?,21+,22?,23-,30-,31-,32-,35+/m1/s1. The van der Waals surface area contributed by atoms with Crippen LogP contribution in [0.1, 0.15) is 25.1 Å². The van der Waals surface area contributed by atoms with Gasteiger partial charge < -0.3 is 75.8 Å². The van der Waals surface area contributed by atoms with Gasteiger partial charge in [-0.2, -0.15) is 18.9 Å². The number of aryl methyl sites for hydroxylation is 1. The van der Waals surface area contributed by atoms with Crippen molar-refractivity contribution in [3.8, 4) is 6.07 Å². The number of aromatic amines is 2. The predicted molar refractivity (Wildman–Crippen MR) is 251 cm³/mol. The van der Waals surface area contributed by atoms with Crippen LogP contribution in [0.4, 0.5) is 17.7 Å². The van der Waals surface area contributed by atoms with E-state index in [-0.39, 0.29) is 51.2 Å². The monoisotopic (exact) mass is 1200 g/mol. The van der Waals surface area contributed by atoms with Gasteiger partial charge in [-0.15, -0.1) is 0 Å². The number of phosphoric ester groups is 3. The highest BCUT2D eigenvalue weighted by Crippen LogP contribution is 2.68. The Labute approximate surface area is 437 Å². The molecule has 4 fully saturated rings. The second-order valence-corrected chi connectivity index (χ2v) is 23.8. The van der Waals surface area contributed by atoms with Gasteiger partial charge in [-0.25, -0.2) is 42.8 Å². The summed E-state index contributed by atoms with van der Waals surface area (Å²) in [5, 5.41) is 42.7. The van der Waals surface area contributed by atoms with E-state index in [2.05, 4.69) is 48.5 Å². The van der Waals surface area contributed by atoms with Gasteiger partial charge in [0.15, 0.2) is 47.0 Å². The first-order valence-electron chi connectivity index (χ1n) is 22.5. The van der Waals surface area contributed by atoms with E-state index in [4.69, 9.17) is 59.0 Å². The van der Waals surface area contributed by atoms with E-state index in [1.807, 2.05) is 0 Å². The number of rotatable bonds is 20. The molecular formula is C35H45N16O24P4+.